The Balaban J connectivity index is 2.30. The van der Waals surface area contributed by atoms with Crippen molar-refractivity contribution in [1.82, 2.24) is 16.0 Å². The smallest absolute Gasteiger partial charge is 0.344 e. The lowest BCUT2D eigenvalue weighted by Gasteiger charge is -2.27. The highest BCUT2D eigenvalue weighted by Gasteiger charge is 2.52. The highest BCUT2D eigenvalue weighted by Crippen LogP contribution is 2.24. The topological polar surface area (TPSA) is 104 Å². The van der Waals surface area contributed by atoms with Gasteiger partial charge in [0.05, 0.1) is 6.04 Å². The quantitative estimate of drug-likeness (QED) is 0.170. The van der Waals surface area contributed by atoms with E-state index in [9.17, 15) is 41.1 Å². The summed E-state index contributed by atoms with van der Waals surface area (Å²) in [6, 6.07) is 6.40. The third-order valence-electron chi connectivity index (χ3n) is 5.36. The monoisotopic (exact) mass is 641 g/mol. The highest BCUT2D eigenvalue weighted by atomic mass is 35.5. The standard InChI is InChI=1S/C26H23Cl3F5N3O4/c1-13(2)20(22(39)26(33,34)24(41)35-12-25(30,31)32)37-23(40)21(15-4-6-16(27)7-5-15)36-19(38)8-3-14-9-17(28)11-18(29)10-14/h3-11,13,20-21H,12H2,1-2H3,(H,35,41)(H,36,38)(H,37,40)/b8-3+/t20-,21?/m0/s1. The van der Waals surface area contributed by atoms with Crippen LogP contribution >= 0.6 is 34.8 Å². The molecule has 0 aromatic heterocycles. The molecule has 0 bridgehead atoms. The minimum atomic E-state index is -5.00. The Kier molecular flexibility index (Phi) is 11.7. The van der Waals surface area contributed by atoms with Gasteiger partial charge in [0.1, 0.15) is 12.6 Å². The molecule has 0 aliphatic rings. The van der Waals surface area contributed by atoms with Crippen LogP contribution in [0.4, 0.5) is 22.0 Å². The summed E-state index contributed by atoms with van der Waals surface area (Å²) in [5, 5.41) is 6.29. The molecule has 15 heteroatoms. The lowest BCUT2D eigenvalue weighted by atomic mass is 9.94. The predicted octanol–water partition coefficient (Wildman–Crippen LogP) is 5.54. The van der Waals surface area contributed by atoms with Crippen molar-refractivity contribution in [2.75, 3.05) is 6.54 Å². The van der Waals surface area contributed by atoms with Crippen molar-refractivity contribution in [2.24, 2.45) is 5.92 Å². The molecule has 0 radical (unpaired) electrons. The molecule has 0 aliphatic heterocycles. The Morgan fingerprint density at radius 3 is 1.93 bits per heavy atom. The summed E-state index contributed by atoms with van der Waals surface area (Å²) in [4.78, 5) is 50.3. The maximum Gasteiger partial charge on any atom is 0.405 e. The zero-order valence-corrected chi connectivity index (χ0v) is 23.6. The number of carbonyl (C=O) groups is 4. The van der Waals surface area contributed by atoms with Gasteiger partial charge >= 0.3 is 12.1 Å². The van der Waals surface area contributed by atoms with E-state index in [-0.39, 0.29) is 10.6 Å². The molecule has 2 aromatic carbocycles. The summed E-state index contributed by atoms with van der Waals surface area (Å²) in [6.07, 6.45) is -2.62. The number of rotatable bonds is 11. The number of Topliss-reactive ketones (excluding diaryl/α,β-unsaturated/α-hetero) is 1. The third-order valence-corrected chi connectivity index (χ3v) is 6.04. The third kappa shape index (κ3) is 10.3. The first kappa shape index (κ1) is 34.0. The summed E-state index contributed by atoms with van der Waals surface area (Å²) in [5.41, 5.74) is 0.589. The van der Waals surface area contributed by atoms with Crippen LogP contribution in [0, 0.1) is 5.92 Å². The zero-order valence-electron chi connectivity index (χ0n) is 21.3. The van der Waals surface area contributed by atoms with Crippen molar-refractivity contribution in [3.63, 3.8) is 0 Å². The van der Waals surface area contributed by atoms with E-state index < -0.39 is 60.1 Å². The fourth-order valence-corrected chi connectivity index (χ4v) is 4.03. The number of hydrogen-bond acceptors (Lipinski definition) is 4. The van der Waals surface area contributed by atoms with Gasteiger partial charge in [-0.1, -0.05) is 60.8 Å². The zero-order chi connectivity index (χ0) is 31.1. The van der Waals surface area contributed by atoms with Crippen molar-refractivity contribution in [2.45, 2.75) is 38.0 Å². The molecule has 2 aromatic rings. The van der Waals surface area contributed by atoms with E-state index in [1.165, 1.54) is 62.4 Å². The van der Waals surface area contributed by atoms with Crippen molar-refractivity contribution in [1.29, 1.82) is 0 Å². The summed E-state index contributed by atoms with van der Waals surface area (Å²) < 4.78 is 66.2. The van der Waals surface area contributed by atoms with Gasteiger partial charge in [-0.25, -0.2) is 0 Å². The number of hydrogen-bond donors (Lipinski definition) is 3. The van der Waals surface area contributed by atoms with E-state index in [0.29, 0.717) is 15.6 Å². The predicted molar refractivity (Wildman–Crippen MR) is 144 cm³/mol. The molecule has 41 heavy (non-hydrogen) atoms. The minimum absolute atomic E-state index is 0.143. The summed E-state index contributed by atoms with van der Waals surface area (Å²) in [6.45, 7) is 0.440. The fourth-order valence-electron chi connectivity index (χ4n) is 3.36. The molecular weight excluding hydrogens is 620 g/mol. The van der Waals surface area contributed by atoms with Gasteiger partial charge < -0.3 is 16.0 Å². The van der Waals surface area contributed by atoms with Crippen LogP contribution in [0.25, 0.3) is 6.08 Å². The summed E-state index contributed by atoms with van der Waals surface area (Å²) >= 11 is 17.8. The number of ketones is 1. The number of halogens is 8. The van der Waals surface area contributed by atoms with Gasteiger partial charge in [0, 0.05) is 21.1 Å². The molecule has 7 nitrogen and oxygen atoms in total. The van der Waals surface area contributed by atoms with E-state index in [1.807, 2.05) is 0 Å². The Bertz CT molecular complexity index is 1300. The number of nitrogens with one attached hydrogen (secondary N) is 3. The van der Waals surface area contributed by atoms with Gasteiger partial charge in [-0.05, 0) is 53.5 Å². The second kappa shape index (κ2) is 14.1. The van der Waals surface area contributed by atoms with Gasteiger partial charge in [0.15, 0.2) is 0 Å². The molecule has 3 N–H and O–H groups in total. The summed E-state index contributed by atoms with van der Waals surface area (Å²) in [5.74, 6) is -12.5. The Hall–Kier alpha value is -3.22. The van der Waals surface area contributed by atoms with Crippen LogP contribution in [0.15, 0.2) is 48.5 Å². The van der Waals surface area contributed by atoms with Crippen LogP contribution in [0.2, 0.25) is 15.1 Å². The molecule has 0 heterocycles. The lowest BCUT2D eigenvalue weighted by molar-refractivity contribution is -0.165. The normalized spacial score (nSPS) is 13.5. The van der Waals surface area contributed by atoms with Crippen molar-refractivity contribution in [3.05, 3.63) is 74.7 Å². The number of amides is 3. The second-order valence-electron chi connectivity index (χ2n) is 9.00. The molecule has 3 amide bonds. The van der Waals surface area contributed by atoms with E-state index in [0.717, 1.165) is 11.4 Å². The first-order valence-corrected chi connectivity index (χ1v) is 12.8. The largest absolute Gasteiger partial charge is 0.405 e. The van der Waals surface area contributed by atoms with Crippen molar-refractivity contribution in [3.8, 4) is 0 Å². The van der Waals surface area contributed by atoms with Gasteiger partial charge in [0.25, 0.3) is 5.91 Å². The molecule has 2 atom stereocenters. The fraction of sp³-hybridized carbons (Fsp3) is 0.308. The average Bonchev–Trinajstić information content (AvgIpc) is 2.86. The van der Waals surface area contributed by atoms with Crippen molar-refractivity contribution < 1.29 is 41.1 Å². The Labute approximate surface area is 246 Å². The minimum Gasteiger partial charge on any atom is -0.344 e. The average molecular weight is 643 g/mol. The van der Waals surface area contributed by atoms with Gasteiger partial charge in [-0.2, -0.15) is 22.0 Å². The SMILES string of the molecule is CC(C)[C@H](NC(=O)C(NC(=O)/C=C/c1cc(Cl)cc(Cl)c1)c1ccc(Cl)cc1)C(=O)C(F)(F)C(=O)NCC(F)(F)F. The maximum atomic E-state index is 14.6. The summed E-state index contributed by atoms with van der Waals surface area (Å²) in [7, 11) is 0. The van der Waals surface area contributed by atoms with E-state index >= 15 is 0 Å². The molecule has 0 fully saturated rings. The Morgan fingerprint density at radius 2 is 1.41 bits per heavy atom. The van der Waals surface area contributed by atoms with Crippen molar-refractivity contribution >= 4 is 64.4 Å². The second-order valence-corrected chi connectivity index (χ2v) is 10.3. The van der Waals surface area contributed by atoms with Crippen LogP contribution in [0.3, 0.4) is 0 Å². The number of alkyl halides is 5. The highest BCUT2D eigenvalue weighted by molar-refractivity contribution is 6.34. The molecule has 2 rings (SSSR count). The lowest BCUT2D eigenvalue weighted by Crippen LogP contribution is -2.58. The van der Waals surface area contributed by atoms with Gasteiger partial charge in [-0.3, -0.25) is 19.2 Å². The molecule has 0 saturated heterocycles. The van der Waals surface area contributed by atoms with Crippen LogP contribution in [0.5, 0.6) is 0 Å². The van der Waals surface area contributed by atoms with Crippen LogP contribution < -0.4 is 16.0 Å². The molecule has 0 aliphatic carbocycles. The maximum absolute atomic E-state index is 14.6. The molecule has 0 saturated carbocycles. The first-order valence-electron chi connectivity index (χ1n) is 11.7. The molecule has 222 valence electrons. The van der Waals surface area contributed by atoms with E-state index in [4.69, 9.17) is 34.8 Å². The van der Waals surface area contributed by atoms with Crippen LogP contribution in [0.1, 0.15) is 31.0 Å². The van der Waals surface area contributed by atoms with Crippen LogP contribution in [-0.2, 0) is 19.2 Å². The number of carbonyl (C=O) groups excluding carboxylic acids is 4. The molecule has 0 spiro atoms. The van der Waals surface area contributed by atoms with E-state index in [1.54, 1.807) is 0 Å². The van der Waals surface area contributed by atoms with Gasteiger partial charge in [0.2, 0.25) is 17.6 Å². The first-order chi connectivity index (χ1) is 18.9. The van der Waals surface area contributed by atoms with Gasteiger partial charge in [-0.15, -0.1) is 0 Å². The van der Waals surface area contributed by atoms with Crippen LogP contribution in [-0.4, -0.2) is 48.2 Å². The molecular formula is C26H23Cl3F5N3O4. The Morgan fingerprint density at radius 1 is 0.854 bits per heavy atom. The van der Waals surface area contributed by atoms with E-state index in [2.05, 4.69) is 10.6 Å². The molecule has 1 unspecified atom stereocenters. The number of benzene rings is 2.